The number of nitrogens with zero attached hydrogens (tertiary/aromatic N) is 2. The van der Waals surface area contributed by atoms with Gasteiger partial charge in [-0.3, -0.25) is 19.4 Å². The van der Waals surface area contributed by atoms with Crippen molar-refractivity contribution in [3.63, 3.8) is 0 Å². The number of carbonyl (C=O) groups is 3. The normalized spacial score (nSPS) is 22.9. The smallest absolute Gasteiger partial charge is 0.508 e. The third-order valence-electron chi connectivity index (χ3n) is 13.7. The largest absolute Gasteiger partial charge is 0.524 e. The van der Waals surface area contributed by atoms with Gasteiger partial charge in [0.15, 0.2) is 0 Å². The van der Waals surface area contributed by atoms with Gasteiger partial charge in [0.05, 0.1) is 36.4 Å². The number of rotatable bonds is 20. The number of amides is 2. The molecule has 2 aromatic rings. The van der Waals surface area contributed by atoms with Crippen LogP contribution < -0.4 is 14.0 Å². The Bertz CT molecular complexity index is 2430. The third kappa shape index (κ3) is 11.9. The molecule has 4 aliphatic heterocycles. The van der Waals surface area contributed by atoms with Gasteiger partial charge in [0.2, 0.25) is 0 Å². The van der Waals surface area contributed by atoms with E-state index in [-0.39, 0.29) is 85.2 Å². The summed E-state index contributed by atoms with van der Waals surface area (Å²) in [6, 6.07) is 1.23. The fraction of sp³-hybridized carbons (Fsp3) is 0.549. The minimum Gasteiger partial charge on any atom is -0.508 e. The summed E-state index contributed by atoms with van der Waals surface area (Å²) >= 11 is 0. The number of phosphoric ester groups is 1. The summed E-state index contributed by atoms with van der Waals surface area (Å²) in [5.74, 6) is -2.33. The highest BCUT2D eigenvalue weighted by molar-refractivity contribution is 7.46. The molecule has 2 amide bonds. The Hall–Kier alpha value is -4.92. The van der Waals surface area contributed by atoms with Crippen LogP contribution in [0.3, 0.4) is 0 Å². The molecular weight excluding hydrogens is 880 g/mol. The molecule has 5 atom stereocenters. The fourth-order valence-electron chi connectivity index (χ4n) is 9.59. The van der Waals surface area contributed by atoms with Crippen molar-refractivity contribution in [1.82, 2.24) is 9.80 Å². The lowest BCUT2D eigenvalue weighted by atomic mass is 9.84. The Balaban J connectivity index is 1.16. The van der Waals surface area contributed by atoms with Crippen molar-refractivity contribution in [2.75, 3.05) is 6.54 Å². The zero-order valence-corrected chi connectivity index (χ0v) is 41.1. The van der Waals surface area contributed by atoms with Gasteiger partial charge < -0.3 is 44.2 Å². The van der Waals surface area contributed by atoms with Crippen molar-refractivity contribution < 1.29 is 63.2 Å². The first-order valence-corrected chi connectivity index (χ1v) is 24.9. The van der Waals surface area contributed by atoms with Crippen LogP contribution in [0.5, 0.6) is 23.0 Å². The van der Waals surface area contributed by atoms with Crippen molar-refractivity contribution in [1.29, 1.82) is 0 Å². The second-order valence-electron chi connectivity index (χ2n) is 19.8. The maximum atomic E-state index is 14.1. The molecular formula is C51H69N2O13P. The van der Waals surface area contributed by atoms with Crippen LogP contribution >= 0.6 is 7.82 Å². The Labute approximate surface area is 394 Å². The van der Waals surface area contributed by atoms with E-state index < -0.39 is 49.2 Å². The molecule has 67 heavy (non-hydrogen) atoms. The first-order chi connectivity index (χ1) is 31.4. The number of aliphatic hydroxyl groups is 2. The van der Waals surface area contributed by atoms with E-state index in [2.05, 4.69) is 45.1 Å². The van der Waals surface area contributed by atoms with Gasteiger partial charge >= 0.3 is 13.8 Å². The molecule has 4 aliphatic rings. The number of aliphatic hydroxyl groups excluding tert-OH is 2. The van der Waals surface area contributed by atoms with Gasteiger partial charge in [0.25, 0.3) is 11.8 Å². The molecule has 0 radical (unpaired) electrons. The van der Waals surface area contributed by atoms with Crippen molar-refractivity contribution in [2.24, 2.45) is 0 Å². The predicted octanol–water partition coefficient (Wildman–Crippen LogP) is 8.76. The minimum atomic E-state index is -5.15. The first-order valence-electron chi connectivity index (χ1n) is 23.4. The molecule has 15 nitrogen and oxygen atoms in total. The Morgan fingerprint density at radius 3 is 1.81 bits per heavy atom. The Morgan fingerprint density at radius 2 is 1.28 bits per heavy atom. The van der Waals surface area contributed by atoms with Crippen LogP contribution in [-0.2, 0) is 35.3 Å². The molecule has 0 spiro atoms. The summed E-state index contributed by atoms with van der Waals surface area (Å²) in [6.07, 6.45) is 12.6. The number of phenols is 1. The lowest BCUT2D eigenvalue weighted by molar-refractivity contribution is -0.142. The number of ether oxygens (including phenoxy) is 2. The lowest BCUT2D eigenvalue weighted by Gasteiger charge is -2.41. The van der Waals surface area contributed by atoms with Gasteiger partial charge in [-0.05, 0) is 132 Å². The number of carboxylic acid groups (broad SMARTS) is 1. The number of aromatic hydroxyl groups is 1. The van der Waals surface area contributed by atoms with E-state index in [1.54, 1.807) is 11.8 Å². The van der Waals surface area contributed by atoms with E-state index in [4.69, 9.17) is 14.0 Å². The molecule has 0 fully saturated rings. The number of benzene rings is 2. The van der Waals surface area contributed by atoms with E-state index in [9.17, 15) is 49.2 Å². The lowest BCUT2D eigenvalue weighted by Crippen LogP contribution is -2.49. The molecule has 0 saturated heterocycles. The van der Waals surface area contributed by atoms with E-state index in [1.807, 2.05) is 27.7 Å². The summed E-state index contributed by atoms with van der Waals surface area (Å²) < 4.78 is 30.3. The molecule has 0 bridgehead atoms. The van der Waals surface area contributed by atoms with E-state index >= 15 is 0 Å². The summed E-state index contributed by atoms with van der Waals surface area (Å²) in [5.41, 5.74) is 4.53. The summed E-state index contributed by atoms with van der Waals surface area (Å²) in [4.78, 5) is 63.3. The van der Waals surface area contributed by atoms with Crippen LogP contribution in [0.1, 0.15) is 163 Å². The highest BCUT2D eigenvalue weighted by Crippen LogP contribution is 2.51. The molecule has 0 unspecified atom stereocenters. The predicted molar refractivity (Wildman–Crippen MR) is 253 cm³/mol. The second kappa shape index (κ2) is 20.7. The maximum absolute atomic E-state index is 14.1. The van der Waals surface area contributed by atoms with Gasteiger partial charge in [-0.2, -0.15) is 0 Å². The van der Waals surface area contributed by atoms with E-state index in [1.165, 1.54) is 39.3 Å². The average molecular weight is 949 g/mol. The first kappa shape index (κ1) is 51.5. The van der Waals surface area contributed by atoms with Crippen molar-refractivity contribution in [3.05, 3.63) is 92.1 Å². The molecule has 366 valence electrons. The molecule has 4 heterocycles. The standard InChI is InChI=1S/C51H69N2O13P/c1-30(2)14-9-16-32(5)18-11-21-50(7)43(55)26-36-41(54)24-34-38(45(36)64-50)28-52(47(34)57)23-13-20-40(49(59)60)53-29-39-35(48(53)58)25-42(66-67(61,62)63)37-27-44(56)51(8,65-46(37)39)22-12-19-33(6)17-10-15-31(3)4/h14-15,18-19,24-25,40,43-44,54-56H,9-13,16-17,20-23,26-29H2,1-8H3,(H,59,60)(H2,61,62,63)/b32-18+,33-19+/t40-,43-,44-,50+,51+/m0/s1. The minimum absolute atomic E-state index is 0.0281. The molecule has 6 N–H and O–H groups in total. The number of allylic oxidation sites excluding steroid dienone is 8. The van der Waals surface area contributed by atoms with Crippen molar-refractivity contribution in [3.8, 4) is 23.0 Å². The number of aliphatic carboxylic acids is 1. The number of hydrogen-bond acceptors (Lipinski definition) is 10. The zero-order valence-electron chi connectivity index (χ0n) is 40.2. The van der Waals surface area contributed by atoms with Crippen molar-refractivity contribution >= 4 is 25.6 Å². The van der Waals surface area contributed by atoms with E-state index in [0.29, 0.717) is 48.1 Å². The fourth-order valence-corrected chi connectivity index (χ4v) is 10.0. The molecule has 16 heteroatoms. The van der Waals surface area contributed by atoms with Gasteiger partial charge in [-0.25, -0.2) is 9.36 Å². The van der Waals surface area contributed by atoms with Gasteiger partial charge in [0.1, 0.15) is 40.2 Å². The zero-order chi connectivity index (χ0) is 49.2. The van der Waals surface area contributed by atoms with E-state index in [0.717, 1.165) is 25.7 Å². The number of carbonyl (C=O) groups excluding carboxylic acids is 2. The van der Waals surface area contributed by atoms with Gasteiger partial charge in [-0.1, -0.05) is 46.6 Å². The van der Waals surface area contributed by atoms with Crippen LogP contribution in [0.15, 0.2) is 58.7 Å². The van der Waals surface area contributed by atoms with Crippen LogP contribution in [0, 0.1) is 0 Å². The van der Waals surface area contributed by atoms with Gasteiger partial charge in [-0.15, -0.1) is 0 Å². The van der Waals surface area contributed by atoms with Crippen LogP contribution in [0.25, 0.3) is 0 Å². The monoisotopic (exact) mass is 948 g/mol. The molecule has 0 saturated carbocycles. The Kier molecular flexibility index (Phi) is 15.9. The third-order valence-corrected chi connectivity index (χ3v) is 14.1. The number of phosphoric acid groups is 1. The molecule has 2 aromatic carbocycles. The quantitative estimate of drug-likeness (QED) is 0.0540. The summed E-state index contributed by atoms with van der Waals surface area (Å²) in [7, 11) is -5.15. The highest BCUT2D eigenvalue weighted by Gasteiger charge is 2.48. The highest BCUT2D eigenvalue weighted by atomic mass is 31.2. The number of hydrogen-bond donors (Lipinski definition) is 6. The van der Waals surface area contributed by atoms with Crippen molar-refractivity contribution in [2.45, 2.75) is 175 Å². The summed E-state index contributed by atoms with van der Waals surface area (Å²) in [5, 5.41) is 44.3. The second-order valence-corrected chi connectivity index (χ2v) is 20.9. The van der Waals surface area contributed by atoms with Crippen LogP contribution in [0.2, 0.25) is 0 Å². The van der Waals surface area contributed by atoms with Crippen LogP contribution in [0.4, 0.5) is 0 Å². The molecule has 6 rings (SSSR count). The SMILES string of the molecule is CC(C)=CCC/C(C)=C/CC[C@@]1(C)Oc2c(c(O)cc3c2CN(CCC[C@@H](C(=O)O)N2Cc4c(cc(OP(=O)(O)O)c5c4O[C@](C)(CC/C=C(\C)CCC=C(C)C)[C@@H](O)C5)C2=O)C3=O)C[C@@H]1O. The van der Waals surface area contributed by atoms with Crippen LogP contribution in [-0.4, -0.2) is 93.8 Å². The number of phenolic OH excluding ortho intramolecular Hbond substituents is 1. The average Bonchev–Trinajstić information content (AvgIpc) is 3.71. The molecule has 0 aliphatic carbocycles. The Morgan fingerprint density at radius 1 is 0.776 bits per heavy atom. The molecule has 0 aromatic heterocycles. The topological polar surface area (TPSA) is 224 Å². The number of fused-ring (bicyclic) bond motifs is 6. The summed E-state index contributed by atoms with van der Waals surface area (Å²) in [6.45, 7) is 16.0. The number of carboxylic acids is 1. The van der Waals surface area contributed by atoms with Gasteiger partial charge in [0, 0.05) is 41.6 Å². The maximum Gasteiger partial charge on any atom is 0.524 e.